The third-order valence-corrected chi connectivity index (χ3v) is 3.55. The van der Waals surface area contributed by atoms with Crippen LogP contribution in [0.1, 0.15) is 5.69 Å². The van der Waals surface area contributed by atoms with Gasteiger partial charge < -0.3 is 13.4 Å². The maximum atomic E-state index is 13.3. The van der Waals surface area contributed by atoms with Gasteiger partial charge in [0.25, 0.3) is 5.56 Å². The fourth-order valence-corrected chi connectivity index (χ4v) is 2.39. The molecule has 0 atom stereocenters. The second-order valence-corrected chi connectivity index (χ2v) is 5.28. The summed E-state index contributed by atoms with van der Waals surface area (Å²) < 4.78 is 25.3. The van der Waals surface area contributed by atoms with Crippen LogP contribution >= 0.6 is 0 Å². The number of aromatic nitrogens is 4. The summed E-state index contributed by atoms with van der Waals surface area (Å²) in [6.07, 6.45) is 4.26. The van der Waals surface area contributed by atoms with E-state index in [-0.39, 0.29) is 23.8 Å². The monoisotopic (exact) mass is 338 g/mol. The van der Waals surface area contributed by atoms with E-state index in [2.05, 4.69) is 15.2 Å². The first-order chi connectivity index (χ1) is 12.2. The number of hydrogen-bond donors (Lipinski definition) is 0. The molecule has 0 aliphatic heterocycles. The van der Waals surface area contributed by atoms with E-state index in [1.165, 1.54) is 35.4 Å². The van der Waals surface area contributed by atoms with Crippen molar-refractivity contribution in [1.29, 1.82) is 0 Å². The lowest BCUT2D eigenvalue weighted by atomic mass is 10.2. The highest BCUT2D eigenvalue weighted by Gasteiger charge is 2.10. The molecule has 0 fully saturated rings. The van der Waals surface area contributed by atoms with Gasteiger partial charge in [-0.05, 0) is 24.3 Å². The van der Waals surface area contributed by atoms with Gasteiger partial charge >= 0.3 is 0 Å². The van der Waals surface area contributed by atoms with E-state index in [0.29, 0.717) is 22.7 Å². The fourth-order valence-electron chi connectivity index (χ4n) is 2.39. The van der Waals surface area contributed by atoms with Crippen molar-refractivity contribution < 1.29 is 13.2 Å². The van der Waals surface area contributed by atoms with Gasteiger partial charge in [-0.25, -0.2) is 9.37 Å². The minimum absolute atomic E-state index is 0.194. The van der Waals surface area contributed by atoms with Crippen LogP contribution in [0, 0.1) is 5.82 Å². The van der Waals surface area contributed by atoms with Crippen molar-refractivity contribution >= 4 is 0 Å². The normalized spacial score (nSPS) is 10.9. The van der Waals surface area contributed by atoms with Crippen LogP contribution in [0.15, 0.2) is 68.9 Å². The molecule has 0 unspecified atom stereocenters. The van der Waals surface area contributed by atoms with E-state index < -0.39 is 0 Å². The van der Waals surface area contributed by atoms with E-state index in [1.54, 1.807) is 24.4 Å². The molecule has 0 amide bonds. The van der Waals surface area contributed by atoms with Gasteiger partial charge in [-0.15, -0.1) is 10.2 Å². The number of oxazole rings is 1. The van der Waals surface area contributed by atoms with Gasteiger partial charge in [0.05, 0.1) is 17.8 Å². The van der Waals surface area contributed by atoms with E-state index in [1.807, 2.05) is 0 Å². The zero-order valence-corrected chi connectivity index (χ0v) is 12.8. The van der Waals surface area contributed by atoms with Crippen molar-refractivity contribution in [3.05, 3.63) is 77.1 Å². The molecule has 7 nitrogen and oxygen atoms in total. The van der Waals surface area contributed by atoms with E-state index >= 15 is 0 Å². The summed E-state index contributed by atoms with van der Waals surface area (Å²) in [5, 5.41) is 7.43. The highest BCUT2D eigenvalue weighted by atomic mass is 19.1. The number of rotatable bonds is 4. The average Bonchev–Trinajstić information content (AvgIpc) is 3.29. The van der Waals surface area contributed by atoms with Gasteiger partial charge in [0.1, 0.15) is 12.1 Å². The number of nitrogens with zero attached hydrogens (tertiary/aromatic N) is 4. The largest absolute Gasteiger partial charge is 0.444 e. The Labute approximate surface area is 140 Å². The summed E-state index contributed by atoms with van der Waals surface area (Å²) in [4.78, 5) is 16.4. The predicted octanol–water partition coefficient (Wildman–Crippen LogP) is 2.74. The third kappa shape index (κ3) is 3.09. The molecular formula is C17H11FN4O3. The zero-order valence-electron chi connectivity index (χ0n) is 12.8. The van der Waals surface area contributed by atoms with Crippen molar-refractivity contribution in [2.24, 2.45) is 0 Å². The molecule has 0 saturated heterocycles. The summed E-state index contributed by atoms with van der Waals surface area (Å²) in [7, 11) is 0. The van der Waals surface area contributed by atoms with Gasteiger partial charge in [-0.3, -0.25) is 4.79 Å². The zero-order chi connectivity index (χ0) is 17.2. The number of halogens is 1. The fraction of sp³-hybridized carbons (Fsp3) is 0.0588. The summed E-state index contributed by atoms with van der Waals surface area (Å²) in [6, 6.07) is 8.96. The minimum atomic E-state index is -0.374. The van der Waals surface area contributed by atoms with E-state index in [4.69, 9.17) is 8.83 Å². The second kappa shape index (κ2) is 6.16. The van der Waals surface area contributed by atoms with Crippen LogP contribution in [0.2, 0.25) is 0 Å². The summed E-state index contributed by atoms with van der Waals surface area (Å²) in [6.45, 7) is 0.194. The predicted molar refractivity (Wildman–Crippen MR) is 85.0 cm³/mol. The molecule has 3 aromatic heterocycles. The molecule has 124 valence electrons. The van der Waals surface area contributed by atoms with Crippen LogP contribution in [0.5, 0.6) is 0 Å². The maximum Gasteiger partial charge on any atom is 0.250 e. The Kier molecular flexibility index (Phi) is 3.70. The lowest BCUT2D eigenvalue weighted by Crippen LogP contribution is -2.19. The standard InChI is InChI=1S/C17H11FN4O3/c18-13-3-1-2-11(6-13)16-20-14(9-24-16)8-22-7-12(4-5-15(22)23)17-21-19-10-25-17/h1-7,9-10H,8H2. The van der Waals surface area contributed by atoms with Crippen molar-refractivity contribution in [3.63, 3.8) is 0 Å². The minimum Gasteiger partial charge on any atom is -0.444 e. The highest BCUT2D eigenvalue weighted by molar-refractivity contribution is 5.53. The second-order valence-electron chi connectivity index (χ2n) is 5.28. The summed E-state index contributed by atoms with van der Waals surface area (Å²) in [5.41, 5.74) is 1.46. The molecule has 0 radical (unpaired) electrons. The van der Waals surface area contributed by atoms with Crippen LogP contribution in [0.4, 0.5) is 4.39 Å². The van der Waals surface area contributed by atoms with Gasteiger partial charge in [0, 0.05) is 17.8 Å². The Balaban J connectivity index is 1.63. The number of pyridine rings is 1. The molecule has 0 N–H and O–H groups in total. The van der Waals surface area contributed by atoms with E-state index in [0.717, 1.165) is 0 Å². The van der Waals surface area contributed by atoms with Gasteiger partial charge in [0.2, 0.25) is 18.2 Å². The molecule has 0 aliphatic rings. The van der Waals surface area contributed by atoms with Crippen molar-refractivity contribution in [2.75, 3.05) is 0 Å². The van der Waals surface area contributed by atoms with Crippen molar-refractivity contribution in [2.45, 2.75) is 6.54 Å². The Morgan fingerprint density at radius 2 is 2.00 bits per heavy atom. The Hall–Kier alpha value is -3.55. The Morgan fingerprint density at radius 1 is 1.08 bits per heavy atom. The molecule has 4 aromatic rings. The van der Waals surface area contributed by atoms with Gasteiger partial charge in [-0.1, -0.05) is 6.07 Å². The van der Waals surface area contributed by atoms with E-state index in [9.17, 15) is 9.18 Å². The first kappa shape index (κ1) is 15.0. The Morgan fingerprint density at radius 3 is 2.80 bits per heavy atom. The lowest BCUT2D eigenvalue weighted by Gasteiger charge is -2.04. The van der Waals surface area contributed by atoms with Crippen LogP contribution in [-0.4, -0.2) is 19.7 Å². The molecule has 0 aliphatic carbocycles. The summed E-state index contributed by atoms with van der Waals surface area (Å²) >= 11 is 0. The molecule has 3 heterocycles. The molecule has 0 spiro atoms. The smallest absolute Gasteiger partial charge is 0.250 e. The van der Waals surface area contributed by atoms with Crippen LogP contribution in [-0.2, 0) is 6.54 Å². The molecule has 8 heteroatoms. The first-order valence-corrected chi connectivity index (χ1v) is 7.36. The average molecular weight is 338 g/mol. The topological polar surface area (TPSA) is 87.0 Å². The van der Waals surface area contributed by atoms with Crippen LogP contribution < -0.4 is 5.56 Å². The maximum absolute atomic E-state index is 13.3. The molecule has 1 aromatic carbocycles. The van der Waals surface area contributed by atoms with Crippen LogP contribution in [0.25, 0.3) is 22.9 Å². The molecule has 0 saturated carbocycles. The van der Waals surface area contributed by atoms with Crippen molar-refractivity contribution in [3.8, 4) is 22.9 Å². The quantitative estimate of drug-likeness (QED) is 0.569. The Bertz CT molecular complexity index is 1070. The summed E-state index contributed by atoms with van der Waals surface area (Å²) in [5.74, 6) is 0.227. The van der Waals surface area contributed by atoms with Gasteiger partial charge in [0.15, 0.2) is 0 Å². The molecule has 25 heavy (non-hydrogen) atoms. The SMILES string of the molecule is O=c1ccc(-c2nnco2)cn1Cc1coc(-c2cccc(F)c2)n1. The van der Waals surface area contributed by atoms with Gasteiger partial charge in [-0.2, -0.15) is 0 Å². The molecule has 4 rings (SSSR count). The third-order valence-electron chi connectivity index (χ3n) is 3.55. The molecule has 0 bridgehead atoms. The highest BCUT2D eigenvalue weighted by Crippen LogP contribution is 2.20. The molecular weight excluding hydrogens is 327 g/mol. The number of hydrogen-bond acceptors (Lipinski definition) is 6. The number of benzene rings is 1. The lowest BCUT2D eigenvalue weighted by molar-refractivity contribution is 0.566. The first-order valence-electron chi connectivity index (χ1n) is 7.36. The van der Waals surface area contributed by atoms with Crippen LogP contribution in [0.3, 0.4) is 0 Å². The van der Waals surface area contributed by atoms with Crippen molar-refractivity contribution in [1.82, 2.24) is 19.7 Å².